The van der Waals surface area contributed by atoms with Crippen molar-refractivity contribution < 1.29 is 82.0 Å². The van der Waals surface area contributed by atoms with Crippen LogP contribution in [-0.2, 0) is 14.9 Å². The molecule has 0 fully saturated rings. The van der Waals surface area contributed by atoms with Crippen molar-refractivity contribution in [1.82, 2.24) is 5.43 Å². The maximum Gasteiger partial charge on any atom is 1.00 e. The molecule has 1 aromatic carbocycles. The molecule has 22 heavy (non-hydrogen) atoms. The molecule has 0 aliphatic heterocycles. The summed E-state index contributed by atoms with van der Waals surface area (Å²) in [6, 6.07) is 1.59. The molecule has 0 amide bonds. The van der Waals surface area contributed by atoms with E-state index in [1.807, 2.05) is 0 Å². The van der Waals surface area contributed by atoms with Gasteiger partial charge in [0.15, 0.2) is 0 Å². The topological polar surface area (TPSA) is 121 Å². The van der Waals surface area contributed by atoms with Crippen LogP contribution < -0.4 is 75.1 Å². The van der Waals surface area contributed by atoms with Crippen molar-refractivity contribution in [3.05, 3.63) is 22.2 Å². The Bertz CT molecular complexity index is 630. The molecule has 0 spiro atoms. The Labute approximate surface area is 182 Å². The summed E-state index contributed by atoms with van der Waals surface area (Å²) in [5, 5.41) is 10.0. The minimum Gasteiger partial charge on any atom is -0.744 e. The molecule has 1 atom stereocenters. The number of hydrazine groups is 1. The average Bonchev–Trinajstić information content (AvgIpc) is 2.27. The van der Waals surface area contributed by atoms with E-state index in [9.17, 15) is 22.9 Å². The number of rotatable bonds is 6. The van der Waals surface area contributed by atoms with Gasteiger partial charge in [-0.05, 0) is 19.1 Å². The third kappa shape index (κ3) is 8.16. The van der Waals surface area contributed by atoms with Crippen molar-refractivity contribution in [3.8, 4) is 0 Å². The van der Waals surface area contributed by atoms with Gasteiger partial charge in [0.2, 0.25) is 0 Å². The first-order valence-corrected chi connectivity index (χ1v) is 7.44. The first-order chi connectivity index (χ1) is 9.11. The second kappa shape index (κ2) is 10.7. The first kappa shape index (κ1) is 25.2. The van der Waals surface area contributed by atoms with Crippen LogP contribution in [0.25, 0.3) is 0 Å². The van der Waals surface area contributed by atoms with Gasteiger partial charge < -0.3 is 19.9 Å². The van der Waals surface area contributed by atoms with Gasteiger partial charge >= 0.3 is 59.1 Å². The molecule has 12 heteroatoms. The number of nitrogens with one attached hydrogen (secondary N) is 2. The van der Waals surface area contributed by atoms with Gasteiger partial charge in [-0.2, -0.15) is 0 Å². The van der Waals surface area contributed by atoms with Crippen LogP contribution in [-0.4, -0.2) is 25.0 Å². The fourth-order valence-electron chi connectivity index (χ4n) is 1.32. The number of anilines is 1. The minimum atomic E-state index is -4.72. The van der Waals surface area contributed by atoms with E-state index < -0.39 is 27.0 Å². The Balaban J connectivity index is 0. The molecule has 0 heterocycles. The van der Waals surface area contributed by atoms with Crippen LogP contribution in [0, 0.1) is 0 Å². The minimum absolute atomic E-state index is 0. The third-order valence-electron chi connectivity index (χ3n) is 2.22. The fraction of sp³-hybridized carbons (Fsp3) is 0.300. The normalized spacial score (nSPS) is 11.8. The molecule has 0 aliphatic rings. The van der Waals surface area contributed by atoms with Crippen LogP contribution in [0.1, 0.15) is 13.3 Å². The molecule has 1 rings (SSSR count). The zero-order chi connectivity index (χ0) is 15.5. The maximum absolute atomic E-state index is 10.9. The van der Waals surface area contributed by atoms with E-state index in [1.54, 1.807) is 6.92 Å². The zero-order valence-electron chi connectivity index (χ0n) is 12.1. The molecule has 112 valence electrons. The fourth-order valence-corrected chi connectivity index (χ4v) is 2.60. The SMILES string of the molecule is CC(CC(=O)[O-])NNc1cc(Cl)c(S(=O)(=O)[O-])cc1Cl.[Na+].[Na+]. The second-order valence-corrected chi connectivity index (χ2v) is 6.13. The van der Waals surface area contributed by atoms with Crippen molar-refractivity contribution >= 4 is 45.0 Å². The second-order valence-electron chi connectivity index (χ2n) is 3.96. The largest absolute Gasteiger partial charge is 1.00 e. The van der Waals surface area contributed by atoms with Gasteiger partial charge in [0, 0.05) is 18.4 Å². The summed E-state index contributed by atoms with van der Waals surface area (Å²) in [7, 11) is -4.72. The molecule has 7 nitrogen and oxygen atoms in total. The quantitative estimate of drug-likeness (QED) is 0.284. The van der Waals surface area contributed by atoms with E-state index in [0.717, 1.165) is 12.1 Å². The van der Waals surface area contributed by atoms with Crippen LogP contribution in [0.3, 0.4) is 0 Å². The number of carbonyl (C=O) groups excluding carboxylic acids is 1. The summed E-state index contributed by atoms with van der Waals surface area (Å²) in [6.45, 7) is 1.58. The van der Waals surface area contributed by atoms with Gasteiger partial charge in [0.05, 0.1) is 20.6 Å². The van der Waals surface area contributed by atoms with Gasteiger partial charge in [-0.25, -0.2) is 13.8 Å². The number of benzene rings is 1. The van der Waals surface area contributed by atoms with Crippen LogP contribution in [0.4, 0.5) is 5.69 Å². The molecule has 0 saturated carbocycles. The number of carbonyl (C=O) groups is 1. The van der Waals surface area contributed by atoms with Crippen molar-refractivity contribution in [1.29, 1.82) is 0 Å². The van der Waals surface area contributed by atoms with Gasteiger partial charge in [-0.15, -0.1) is 0 Å². The Hall–Kier alpha value is 0.940. The van der Waals surface area contributed by atoms with Gasteiger partial charge in [-0.3, -0.25) is 0 Å². The molecule has 0 aliphatic carbocycles. The summed E-state index contributed by atoms with van der Waals surface area (Å²) >= 11 is 11.5. The summed E-state index contributed by atoms with van der Waals surface area (Å²) in [6.07, 6.45) is -0.245. The smallest absolute Gasteiger partial charge is 0.744 e. The zero-order valence-corrected chi connectivity index (χ0v) is 18.5. The van der Waals surface area contributed by atoms with Crippen LogP contribution in [0.15, 0.2) is 17.0 Å². The third-order valence-corrected chi connectivity index (χ3v) is 3.83. The standard InChI is InChI=1S/C10H12Cl2N2O5S.2Na/c1-5(2-10(15)16)13-14-8-3-7(12)9(4-6(8)11)20(17,18)19;;/h3-5,13-14H,2H2,1H3,(H,15,16)(H,17,18,19);;/q;2*+1/p-2. The molecule has 0 saturated heterocycles. The summed E-state index contributed by atoms with van der Waals surface area (Å²) < 4.78 is 32.7. The van der Waals surface area contributed by atoms with Gasteiger partial charge in [0.25, 0.3) is 0 Å². The van der Waals surface area contributed by atoms with E-state index in [1.165, 1.54) is 0 Å². The Kier molecular flexibility index (Phi) is 12.3. The number of hydrogen-bond acceptors (Lipinski definition) is 7. The molecular formula is C10H10Cl2N2Na2O5S. The molecule has 1 aromatic rings. The summed E-state index contributed by atoms with van der Waals surface area (Å²) in [4.78, 5) is 9.74. The molecular weight excluding hydrogens is 377 g/mol. The van der Waals surface area contributed by atoms with E-state index in [4.69, 9.17) is 23.2 Å². The van der Waals surface area contributed by atoms with Crippen molar-refractivity contribution in [2.75, 3.05) is 5.43 Å². The molecule has 0 aromatic heterocycles. The molecule has 1 unspecified atom stereocenters. The molecule has 0 bridgehead atoms. The Morgan fingerprint density at radius 1 is 1.27 bits per heavy atom. The number of aliphatic carboxylic acids is 1. The van der Waals surface area contributed by atoms with Gasteiger partial charge in [0.1, 0.15) is 10.1 Å². The molecule has 2 N–H and O–H groups in total. The van der Waals surface area contributed by atoms with Crippen LogP contribution in [0.2, 0.25) is 10.0 Å². The molecule has 0 radical (unpaired) electrons. The number of carboxylic acid groups (broad SMARTS) is 1. The Morgan fingerprint density at radius 2 is 1.82 bits per heavy atom. The van der Waals surface area contributed by atoms with Crippen molar-refractivity contribution in [2.45, 2.75) is 24.3 Å². The van der Waals surface area contributed by atoms with E-state index in [-0.39, 0.29) is 81.3 Å². The first-order valence-electron chi connectivity index (χ1n) is 5.27. The predicted molar refractivity (Wildman–Crippen MR) is 70.3 cm³/mol. The predicted octanol–water partition coefficient (Wildman–Crippen LogP) is -5.65. The average molecular weight is 387 g/mol. The number of carboxylic acids is 1. The van der Waals surface area contributed by atoms with Crippen molar-refractivity contribution in [3.63, 3.8) is 0 Å². The van der Waals surface area contributed by atoms with E-state index >= 15 is 0 Å². The van der Waals surface area contributed by atoms with Crippen LogP contribution >= 0.6 is 23.2 Å². The van der Waals surface area contributed by atoms with Crippen molar-refractivity contribution in [2.24, 2.45) is 0 Å². The maximum atomic E-state index is 10.9. The summed E-state index contributed by atoms with van der Waals surface area (Å²) in [5.74, 6) is -1.23. The monoisotopic (exact) mass is 386 g/mol. The summed E-state index contributed by atoms with van der Waals surface area (Å²) in [5.41, 5.74) is 5.40. The number of halogens is 2. The van der Waals surface area contributed by atoms with E-state index in [0.29, 0.717) is 0 Å². The number of hydrogen-bond donors (Lipinski definition) is 2. The Morgan fingerprint density at radius 3 is 2.27 bits per heavy atom. The van der Waals surface area contributed by atoms with E-state index in [2.05, 4.69) is 10.9 Å². The van der Waals surface area contributed by atoms with Crippen LogP contribution in [0.5, 0.6) is 0 Å². The van der Waals surface area contributed by atoms with Gasteiger partial charge in [-0.1, -0.05) is 23.2 Å².